The molecule has 0 aliphatic carbocycles. The Labute approximate surface area is 139 Å². The van der Waals surface area contributed by atoms with E-state index in [0.717, 1.165) is 12.8 Å². The molecule has 1 heterocycles. The zero-order valence-electron chi connectivity index (χ0n) is 13.2. The van der Waals surface area contributed by atoms with Gasteiger partial charge in [-0.3, -0.25) is 4.79 Å². The van der Waals surface area contributed by atoms with Gasteiger partial charge in [0.05, 0.1) is 6.61 Å². The second-order valence-corrected chi connectivity index (χ2v) is 5.86. The van der Waals surface area contributed by atoms with E-state index in [1.54, 1.807) is 13.0 Å². The average molecular weight is 375 g/mol. The number of Topliss-reactive ketones (excluding diaryl/α,β-unsaturated/α-hetero) is 1. The van der Waals surface area contributed by atoms with Crippen LogP contribution in [0, 0.1) is 0 Å². The lowest BCUT2D eigenvalue weighted by atomic mass is 10.1. The Hall–Kier alpha value is -0.980. The number of halogens is 1. The lowest BCUT2D eigenvalue weighted by Gasteiger charge is -2.31. The topological polar surface area (TPSA) is 61.8 Å². The molecule has 0 aromatic rings. The van der Waals surface area contributed by atoms with Crippen LogP contribution in [0.3, 0.4) is 0 Å². The van der Waals surface area contributed by atoms with Gasteiger partial charge in [0.2, 0.25) is 0 Å². The van der Waals surface area contributed by atoms with Gasteiger partial charge in [0.1, 0.15) is 18.3 Å². The number of hydrogen-bond acceptors (Lipinski definition) is 5. The molecule has 0 aromatic heterocycles. The van der Waals surface area contributed by atoms with Gasteiger partial charge in [0, 0.05) is 17.2 Å². The van der Waals surface area contributed by atoms with Crippen LogP contribution in [-0.4, -0.2) is 43.3 Å². The van der Waals surface area contributed by atoms with Crippen LogP contribution in [0.1, 0.15) is 33.6 Å². The zero-order valence-corrected chi connectivity index (χ0v) is 14.8. The Morgan fingerprint density at radius 3 is 2.73 bits per heavy atom. The standard InChI is InChI=1S/C16H23BrO5/c1-4-6-9-21-14-10-12(17)16(11(3)18)22-13(14)7-8-15(19)20-5-2/h7-8,10,13-14,16H,4-6,9H2,1-3H3/b8-7-/t13-,14-,16-/m1/s1. The van der Waals surface area contributed by atoms with Crippen LogP contribution in [0.25, 0.3) is 0 Å². The zero-order chi connectivity index (χ0) is 16.5. The lowest BCUT2D eigenvalue weighted by molar-refractivity contribution is -0.137. The molecule has 0 amide bonds. The van der Waals surface area contributed by atoms with Gasteiger partial charge in [-0.2, -0.15) is 0 Å². The molecule has 22 heavy (non-hydrogen) atoms. The number of ketones is 1. The van der Waals surface area contributed by atoms with E-state index < -0.39 is 18.2 Å². The Balaban J connectivity index is 2.82. The van der Waals surface area contributed by atoms with Crippen molar-refractivity contribution < 1.29 is 23.8 Å². The van der Waals surface area contributed by atoms with Gasteiger partial charge < -0.3 is 14.2 Å². The summed E-state index contributed by atoms with van der Waals surface area (Å²) < 4.78 is 17.0. The van der Waals surface area contributed by atoms with Crippen LogP contribution in [0.2, 0.25) is 0 Å². The summed E-state index contributed by atoms with van der Waals surface area (Å²) in [7, 11) is 0. The van der Waals surface area contributed by atoms with Gasteiger partial charge in [0.15, 0.2) is 5.78 Å². The maximum Gasteiger partial charge on any atom is 0.330 e. The molecule has 0 bridgehead atoms. The van der Waals surface area contributed by atoms with Crippen molar-refractivity contribution >= 4 is 27.7 Å². The maximum atomic E-state index is 11.6. The van der Waals surface area contributed by atoms with Crippen molar-refractivity contribution in [1.82, 2.24) is 0 Å². The molecule has 0 fully saturated rings. The van der Waals surface area contributed by atoms with Crippen molar-refractivity contribution in [2.75, 3.05) is 13.2 Å². The highest BCUT2D eigenvalue weighted by molar-refractivity contribution is 9.11. The molecule has 0 radical (unpaired) electrons. The molecule has 124 valence electrons. The third-order valence-electron chi connectivity index (χ3n) is 3.08. The molecule has 0 spiro atoms. The lowest BCUT2D eigenvalue weighted by Crippen LogP contribution is -2.40. The summed E-state index contributed by atoms with van der Waals surface area (Å²) in [5, 5.41) is 0. The minimum atomic E-state index is -0.664. The van der Waals surface area contributed by atoms with Gasteiger partial charge >= 0.3 is 5.97 Å². The summed E-state index contributed by atoms with van der Waals surface area (Å²) in [4.78, 5) is 23.0. The molecule has 0 unspecified atom stereocenters. The quantitative estimate of drug-likeness (QED) is 0.371. The number of rotatable bonds is 8. The number of esters is 1. The van der Waals surface area contributed by atoms with Gasteiger partial charge in [0.25, 0.3) is 0 Å². The van der Waals surface area contributed by atoms with Gasteiger partial charge in [-0.05, 0) is 32.4 Å². The van der Waals surface area contributed by atoms with Crippen molar-refractivity contribution in [3.63, 3.8) is 0 Å². The first-order valence-corrected chi connectivity index (χ1v) is 8.28. The molecule has 3 atom stereocenters. The SMILES string of the molecule is CCCCO[C@@H]1C=C(Br)[C@@H](C(C)=O)O[C@@H]1/C=C\C(=O)OCC. The highest BCUT2D eigenvalue weighted by Crippen LogP contribution is 2.27. The van der Waals surface area contributed by atoms with Crippen molar-refractivity contribution in [2.45, 2.75) is 51.9 Å². The molecule has 0 saturated carbocycles. The number of hydrogen-bond donors (Lipinski definition) is 0. The second kappa shape index (κ2) is 9.92. The first-order chi connectivity index (χ1) is 10.5. The number of carbonyl (C=O) groups excluding carboxylic acids is 2. The average Bonchev–Trinajstić information content (AvgIpc) is 2.46. The molecule has 0 aromatic carbocycles. The van der Waals surface area contributed by atoms with E-state index in [-0.39, 0.29) is 11.9 Å². The highest BCUT2D eigenvalue weighted by Gasteiger charge is 2.32. The number of carbonyl (C=O) groups is 2. The van der Waals surface area contributed by atoms with Gasteiger partial charge in [-0.1, -0.05) is 29.3 Å². The summed E-state index contributed by atoms with van der Waals surface area (Å²) in [5.74, 6) is -0.545. The minimum absolute atomic E-state index is 0.107. The van der Waals surface area contributed by atoms with Crippen molar-refractivity contribution in [3.05, 3.63) is 22.7 Å². The Kier molecular flexibility index (Phi) is 8.60. The molecule has 0 saturated heterocycles. The predicted octanol–water partition coefficient (Wildman–Crippen LogP) is 2.93. The normalized spacial score (nSPS) is 25.1. The third kappa shape index (κ3) is 6.02. The monoisotopic (exact) mass is 374 g/mol. The third-order valence-corrected chi connectivity index (χ3v) is 3.76. The van der Waals surface area contributed by atoms with E-state index >= 15 is 0 Å². The summed E-state index contributed by atoms with van der Waals surface area (Å²) in [5.41, 5.74) is 0. The molecule has 5 nitrogen and oxygen atoms in total. The Morgan fingerprint density at radius 1 is 1.41 bits per heavy atom. The van der Waals surface area contributed by atoms with Crippen LogP contribution in [0.15, 0.2) is 22.7 Å². The van der Waals surface area contributed by atoms with Crippen LogP contribution < -0.4 is 0 Å². The van der Waals surface area contributed by atoms with E-state index in [9.17, 15) is 9.59 Å². The van der Waals surface area contributed by atoms with Crippen molar-refractivity contribution in [1.29, 1.82) is 0 Å². The molecular formula is C16H23BrO5. The molecule has 1 aliphatic heterocycles. The van der Waals surface area contributed by atoms with E-state index in [1.807, 2.05) is 6.08 Å². The second-order valence-electron chi connectivity index (χ2n) is 4.94. The van der Waals surface area contributed by atoms with E-state index in [4.69, 9.17) is 14.2 Å². The van der Waals surface area contributed by atoms with Crippen molar-refractivity contribution in [3.8, 4) is 0 Å². The summed E-state index contributed by atoms with van der Waals surface area (Å²) in [6, 6.07) is 0. The van der Waals surface area contributed by atoms with E-state index in [0.29, 0.717) is 17.7 Å². The van der Waals surface area contributed by atoms with Gasteiger partial charge in [-0.15, -0.1) is 0 Å². The maximum absolute atomic E-state index is 11.6. The first-order valence-electron chi connectivity index (χ1n) is 7.49. The fraction of sp³-hybridized carbons (Fsp3) is 0.625. The molecule has 1 rings (SSSR count). The molecule has 6 heteroatoms. The molecule has 1 aliphatic rings. The van der Waals surface area contributed by atoms with E-state index in [1.165, 1.54) is 13.0 Å². The highest BCUT2D eigenvalue weighted by atomic mass is 79.9. The predicted molar refractivity (Wildman–Crippen MR) is 86.8 cm³/mol. The van der Waals surface area contributed by atoms with Crippen LogP contribution >= 0.6 is 15.9 Å². The number of ether oxygens (including phenoxy) is 3. The van der Waals surface area contributed by atoms with Crippen LogP contribution in [-0.2, 0) is 23.8 Å². The Morgan fingerprint density at radius 2 is 2.14 bits per heavy atom. The number of unbranched alkanes of at least 4 members (excludes halogenated alkanes) is 1. The minimum Gasteiger partial charge on any atom is -0.463 e. The molecule has 0 N–H and O–H groups in total. The Bertz CT molecular complexity index is 444. The smallest absolute Gasteiger partial charge is 0.330 e. The van der Waals surface area contributed by atoms with Crippen LogP contribution in [0.5, 0.6) is 0 Å². The van der Waals surface area contributed by atoms with Gasteiger partial charge in [-0.25, -0.2) is 4.79 Å². The molecular weight excluding hydrogens is 352 g/mol. The first kappa shape index (κ1) is 19.1. The van der Waals surface area contributed by atoms with E-state index in [2.05, 4.69) is 22.9 Å². The summed E-state index contributed by atoms with van der Waals surface area (Å²) >= 11 is 3.36. The fourth-order valence-corrected chi connectivity index (χ4v) is 2.64. The van der Waals surface area contributed by atoms with Crippen molar-refractivity contribution in [2.24, 2.45) is 0 Å². The summed E-state index contributed by atoms with van der Waals surface area (Å²) in [6.07, 6.45) is 5.17. The summed E-state index contributed by atoms with van der Waals surface area (Å²) in [6.45, 7) is 6.19. The van der Waals surface area contributed by atoms with Crippen LogP contribution in [0.4, 0.5) is 0 Å². The largest absolute Gasteiger partial charge is 0.463 e. The fourth-order valence-electron chi connectivity index (χ4n) is 1.95.